The van der Waals surface area contributed by atoms with Crippen molar-refractivity contribution < 1.29 is 4.79 Å². The van der Waals surface area contributed by atoms with Gasteiger partial charge in [-0.3, -0.25) is 9.78 Å². The number of carbonyl (C=O) groups is 1. The summed E-state index contributed by atoms with van der Waals surface area (Å²) in [5.74, 6) is 0.877. The molecule has 0 radical (unpaired) electrons. The number of thiazole rings is 1. The third-order valence-electron chi connectivity index (χ3n) is 8.87. The number of benzene rings is 1. The maximum atomic E-state index is 14.3. The molecule has 0 N–H and O–H groups in total. The van der Waals surface area contributed by atoms with Gasteiger partial charge in [-0.1, -0.05) is 44.1 Å². The Hall–Kier alpha value is -2.99. The highest BCUT2D eigenvalue weighted by molar-refractivity contribution is 7.18. The van der Waals surface area contributed by atoms with Crippen molar-refractivity contribution in [2.45, 2.75) is 57.9 Å². The number of likely N-dealkylation sites (tertiary alicyclic amines) is 1. The molecule has 0 spiro atoms. The molecule has 2 fully saturated rings. The molecular formula is C30H32N4OS. The third kappa shape index (κ3) is 3.52. The number of hydrogen-bond acceptors (Lipinski definition) is 4. The van der Waals surface area contributed by atoms with Crippen LogP contribution in [0.5, 0.6) is 0 Å². The van der Waals surface area contributed by atoms with Crippen LogP contribution in [-0.2, 0) is 17.6 Å². The third-order valence-corrected chi connectivity index (χ3v) is 9.91. The molecule has 1 aromatic carbocycles. The van der Waals surface area contributed by atoms with Crippen LogP contribution in [0.4, 0.5) is 0 Å². The van der Waals surface area contributed by atoms with E-state index in [0.29, 0.717) is 11.8 Å². The molecule has 1 amide bonds. The molecule has 3 aliphatic rings. The van der Waals surface area contributed by atoms with Gasteiger partial charge in [0.25, 0.3) is 0 Å². The van der Waals surface area contributed by atoms with Crippen LogP contribution < -0.4 is 0 Å². The number of nitrogens with zero attached hydrogens (tertiary/aromatic N) is 4. The van der Waals surface area contributed by atoms with Gasteiger partial charge in [-0.15, -0.1) is 11.3 Å². The summed E-state index contributed by atoms with van der Waals surface area (Å²) in [6.07, 6.45) is 15.6. The maximum absolute atomic E-state index is 14.3. The van der Waals surface area contributed by atoms with E-state index in [-0.39, 0.29) is 11.5 Å². The van der Waals surface area contributed by atoms with E-state index in [9.17, 15) is 4.79 Å². The number of carbonyl (C=O) groups excluding carboxylic acids is 1. The standard InChI is InChI=1S/C30H32N4OS/c1-20-11-15-33(19-25(20)34-16-12-21-18-31-23-9-6-7-22(23)28(21)34)29(35)30(13-4-5-14-30)17-27-32-24-8-2-3-10-26(24)36-27/h2-3,6-8,10,12,16,18,20,25H,4-5,9,11,13-15,17,19H2,1H3/t20-,25+/m1/s1. The van der Waals surface area contributed by atoms with Crippen molar-refractivity contribution in [3.63, 3.8) is 0 Å². The zero-order chi connectivity index (χ0) is 24.3. The van der Waals surface area contributed by atoms with Crippen LogP contribution in [0.1, 0.15) is 61.3 Å². The number of pyridine rings is 1. The molecule has 184 valence electrons. The summed E-state index contributed by atoms with van der Waals surface area (Å²) in [7, 11) is 0. The lowest BCUT2D eigenvalue weighted by Gasteiger charge is -2.42. The van der Waals surface area contributed by atoms with Crippen LogP contribution in [0.3, 0.4) is 0 Å². The zero-order valence-electron chi connectivity index (χ0n) is 20.8. The summed E-state index contributed by atoms with van der Waals surface area (Å²) in [5, 5.41) is 2.30. The molecule has 4 heterocycles. The predicted octanol–water partition coefficient (Wildman–Crippen LogP) is 6.43. The van der Waals surface area contributed by atoms with Gasteiger partial charge >= 0.3 is 0 Å². The number of allylic oxidation sites excluding steroid dienone is 1. The van der Waals surface area contributed by atoms with Gasteiger partial charge in [0.1, 0.15) is 0 Å². The van der Waals surface area contributed by atoms with Crippen LogP contribution in [0.25, 0.3) is 27.2 Å². The minimum atomic E-state index is -0.300. The second-order valence-corrected chi connectivity index (χ2v) is 12.2. The minimum Gasteiger partial charge on any atom is -0.342 e. The summed E-state index contributed by atoms with van der Waals surface area (Å²) in [6, 6.07) is 10.8. The van der Waals surface area contributed by atoms with Crippen molar-refractivity contribution in [3.8, 4) is 0 Å². The Bertz CT molecular complexity index is 1460. The molecule has 2 aliphatic carbocycles. The largest absolute Gasteiger partial charge is 0.342 e. The molecule has 5 nitrogen and oxygen atoms in total. The van der Waals surface area contributed by atoms with E-state index >= 15 is 0 Å². The van der Waals surface area contributed by atoms with E-state index in [1.165, 1.54) is 26.9 Å². The van der Waals surface area contributed by atoms with E-state index in [1.807, 2.05) is 12.3 Å². The molecule has 1 saturated heterocycles. The summed E-state index contributed by atoms with van der Waals surface area (Å²) >= 11 is 1.76. The predicted molar refractivity (Wildman–Crippen MR) is 146 cm³/mol. The lowest BCUT2D eigenvalue weighted by atomic mass is 9.80. The first kappa shape index (κ1) is 22.2. The average Bonchev–Trinajstić information content (AvgIpc) is 3.69. The topological polar surface area (TPSA) is 51.0 Å². The van der Waals surface area contributed by atoms with E-state index in [4.69, 9.17) is 4.98 Å². The van der Waals surface area contributed by atoms with Gasteiger partial charge in [0.2, 0.25) is 5.91 Å². The first-order chi connectivity index (χ1) is 17.6. The second kappa shape index (κ2) is 8.55. The fraction of sp³-hybridized carbons (Fsp3) is 0.433. The molecule has 2 atom stereocenters. The summed E-state index contributed by atoms with van der Waals surface area (Å²) < 4.78 is 3.67. The smallest absolute Gasteiger partial charge is 0.229 e. The summed E-state index contributed by atoms with van der Waals surface area (Å²) in [5.41, 5.74) is 4.47. The Kier molecular flexibility index (Phi) is 5.28. The lowest BCUT2D eigenvalue weighted by molar-refractivity contribution is -0.144. The SMILES string of the molecule is C[C@@H]1CCN(C(=O)C2(Cc3nc4ccccc4s3)CCCC2)C[C@@H]1n1ccc2cnc3c(c21)C=CC3. The zero-order valence-corrected chi connectivity index (χ0v) is 21.6. The second-order valence-electron chi connectivity index (χ2n) is 11.1. The average molecular weight is 497 g/mol. The molecule has 6 heteroatoms. The Morgan fingerprint density at radius 1 is 1.19 bits per heavy atom. The van der Waals surface area contributed by atoms with Gasteiger partial charge in [0.15, 0.2) is 0 Å². The van der Waals surface area contributed by atoms with Gasteiger partial charge in [-0.25, -0.2) is 4.98 Å². The molecule has 0 bridgehead atoms. The molecular weight excluding hydrogens is 464 g/mol. The Balaban J connectivity index is 1.19. The van der Waals surface area contributed by atoms with Crippen molar-refractivity contribution in [3.05, 3.63) is 65.1 Å². The van der Waals surface area contributed by atoms with Crippen molar-refractivity contribution >= 4 is 44.4 Å². The first-order valence-electron chi connectivity index (χ1n) is 13.4. The molecule has 1 aliphatic heterocycles. The van der Waals surface area contributed by atoms with Gasteiger partial charge in [-0.05, 0) is 43.4 Å². The van der Waals surface area contributed by atoms with E-state index in [1.54, 1.807) is 11.3 Å². The van der Waals surface area contributed by atoms with E-state index in [2.05, 4.69) is 64.0 Å². The summed E-state index contributed by atoms with van der Waals surface area (Å²) in [4.78, 5) is 26.1. The van der Waals surface area contributed by atoms with Crippen molar-refractivity contribution in [2.75, 3.05) is 13.1 Å². The monoisotopic (exact) mass is 496 g/mol. The molecule has 0 unspecified atom stereocenters. The van der Waals surface area contributed by atoms with E-state index < -0.39 is 0 Å². The lowest BCUT2D eigenvalue weighted by Crippen LogP contribution is -2.50. The fourth-order valence-corrected chi connectivity index (χ4v) is 7.96. The first-order valence-corrected chi connectivity index (χ1v) is 14.2. The minimum absolute atomic E-state index is 0.279. The molecule has 1 saturated carbocycles. The Labute approximate surface area is 215 Å². The number of para-hydroxylation sites is 1. The van der Waals surface area contributed by atoms with Crippen LogP contribution in [-0.4, -0.2) is 38.4 Å². The van der Waals surface area contributed by atoms with Crippen molar-refractivity contribution in [2.24, 2.45) is 11.3 Å². The molecule has 3 aromatic heterocycles. The number of rotatable bonds is 4. The highest BCUT2D eigenvalue weighted by atomic mass is 32.1. The fourth-order valence-electron chi connectivity index (χ4n) is 6.85. The van der Waals surface area contributed by atoms with Crippen LogP contribution >= 0.6 is 11.3 Å². The summed E-state index contributed by atoms with van der Waals surface area (Å²) in [6.45, 7) is 3.99. The number of aromatic nitrogens is 3. The molecule has 4 aromatic rings. The van der Waals surface area contributed by atoms with Crippen LogP contribution in [0, 0.1) is 11.3 Å². The van der Waals surface area contributed by atoms with E-state index in [0.717, 1.165) is 68.6 Å². The van der Waals surface area contributed by atoms with Crippen LogP contribution in [0.2, 0.25) is 0 Å². The maximum Gasteiger partial charge on any atom is 0.229 e. The van der Waals surface area contributed by atoms with Crippen molar-refractivity contribution in [1.29, 1.82) is 0 Å². The molecule has 7 rings (SSSR count). The Morgan fingerprint density at radius 3 is 2.92 bits per heavy atom. The van der Waals surface area contributed by atoms with Crippen LogP contribution in [0.15, 0.2) is 48.8 Å². The van der Waals surface area contributed by atoms with Gasteiger partial charge in [-0.2, -0.15) is 0 Å². The highest BCUT2D eigenvalue weighted by Crippen LogP contribution is 2.45. The quantitative estimate of drug-likeness (QED) is 0.327. The number of fused-ring (bicyclic) bond motifs is 4. The number of amides is 1. The highest BCUT2D eigenvalue weighted by Gasteiger charge is 2.46. The number of piperidine rings is 1. The Morgan fingerprint density at radius 2 is 2.06 bits per heavy atom. The van der Waals surface area contributed by atoms with Gasteiger partial charge < -0.3 is 9.47 Å². The van der Waals surface area contributed by atoms with Crippen molar-refractivity contribution in [1.82, 2.24) is 19.4 Å². The van der Waals surface area contributed by atoms with Gasteiger partial charge in [0.05, 0.1) is 37.9 Å². The number of hydrogen-bond donors (Lipinski definition) is 0. The normalized spacial score (nSPS) is 23.1. The van der Waals surface area contributed by atoms with Gasteiger partial charge in [0, 0.05) is 49.3 Å². The molecule has 36 heavy (non-hydrogen) atoms.